The van der Waals surface area contributed by atoms with Crippen LogP contribution in [-0.2, 0) is 6.42 Å². The molecule has 1 aliphatic rings. The minimum Gasteiger partial charge on any atom is -0.314 e. The summed E-state index contributed by atoms with van der Waals surface area (Å²) < 4.78 is 16.6. The third-order valence-electron chi connectivity index (χ3n) is 3.75. The van der Waals surface area contributed by atoms with Crippen molar-refractivity contribution in [2.24, 2.45) is 0 Å². The van der Waals surface area contributed by atoms with Crippen molar-refractivity contribution in [2.45, 2.75) is 70.6 Å². The first-order chi connectivity index (χ1) is 8.98. The number of rotatable bonds is 5. The smallest absolute Gasteiger partial charge is 0.138 e. The molecule has 0 saturated carbocycles. The summed E-state index contributed by atoms with van der Waals surface area (Å²) in [5, 5.41) is 7.58. The van der Waals surface area contributed by atoms with Gasteiger partial charge in [0.2, 0.25) is 0 Å². The molecule has 1 fully saturated rings. The van der Waals surface area contributed by atoms with E-state index in [1.807, 2.05) is 18.5 Å². The second-order valence-electron chi connectivity index (χ2n) is 6.16. The number of alkyl halides is 1. The van der Waals surface area contributed by atoms with E-state index in [4.69, 9.17) is 0 Å². The van der Waals surface area contributed by atoms with Crippen LogP contribution in [0.15, 0.2) is 6.33 Å². The quantitative estimate of drug-likeness (QED) is 0.892. The van der Waals surface area contributed by atoms with Gasteiger partial charge in [-0.05, 0) is 46.6 Å². The van der Waals surface area contributed by atoms with Crippen LogP contribution < -0.4 is 5.32 Å². The molecule has 108 valence electrons. The zero-order valence-electron chi connectivity index (χ0n) is 12.2. The number of hydrogen-bond acceptors (Lipinski definition) is 3. The minimum atomic E-state index is -1.23. The van der Waals surface area contributed by atoms with Crippen LogP contribution in [0.25, 0.3) is 0 Å². The number of piperidine rings is 1. The second kappa shape index (κ2) is 5.99. The Morgan fingerprint density at radius 1 is 1.53 bits per heavy atom. The highest BCUT2D eigenvalue weighted by molar-refractivity contribution is 4.96. The van der Waals surface area contributed by atoms with Crippen LogP contribution >= 0.6 is 0 Å². The van der Waals surface area contributed by atoms with Crippen molar-refractivity contribution < 1.29 is 4.39 Å². The molecule has 1 N–H and O–H groups in total. The average Bonchev–Trinajstić information content (AvgIpc) is 2.77. The Bertz CT molecular complexity index is 394. The summed E-state index contributed by atoms with van der Waals surface area (Å²) in [6.45, 7) is 6.78. The van der Waals surface area contributed by atoms with Crippen molar-refractivity contribution in [1.82, 2.24) is 20.1 Å². The Hall–Kier alpha value is -0.970. The van der Waals surface area contributed by atoms with E-state index >= 15 is 0 Å². The van der Waals surface area contributed by atoms with Gasteiger partial charge in [0.25, 0.3) is 0 Å². The monoisotopic (exact) mass is 268 g/mol. The fourth-order valence-corrected chi connectivity index (χ4v) is 2.85. The molecule has 5 heteroatoms. The summed E-state index contributed by atoms with van der Waals surface area (Å²) in [5.74, 6) is 0.746. The fraction of sp³-hybridized carbons (Fsp3) is 0.857. The summed E-state index contributed by atoms with van der Waals surface area (Å²) in [6, 6.07) is 0.528. The molecule has 2 rings (SSSR count). The van der Waals surface area contributed by atoms with Crippen LogP contribution in [0.5, 0.6) is 0 Å². The van der Waals surface area contributed by atoms with E-state index in [1.165, 1.54) is 19.2 Å². The first-order valence-electron chi connectivity index (χ1n) is 7.28. The molecule has 2 heterocycles. The average molecular weight is 268 g/mol. The lowest BCUT2D eigenvalue weighted by molar-refractivity contribution is 0.141. The lowest BCUT2D eigenvalue weighted by Gasteiger charge is -2.29. The highest BCUT2D eigenvalue weighted by Crippen LogP contribution is 2.26. The van der Waals surface area contributed by atoms with Gasteiger partial charge in [0.15, 0.2) is 0 Å². The van der Waals surface area contributed by atoms with Gasteiger partial charge in [-0.15, -0.1) is 0 Å². The zero-order chi connectivity index (χ0) is 13.9. The summed E-state index contributed by atoms with van der Waals surface area (Å²) in [4.78, 5) is 4.21. The molecule has 2 unspecified atom stereocenters. The van der Waals surface area contributed by atoms with Gasteiger partial charge in [0, 0.05) is 18.5 Å². The molecule has 0 radical (unpaired) electrons. The highest BCUT2D eigenvalue weighted by atomic mass is 19.1. The van der Waals surface area contributed by atoms with Gasteiger partial charge in [-0.25, -0.2) is 14.1 Å². The number of hydrogen-bond donors (Lipinski definition) is 1. The van der Waals surface area contributed by atoms with E-state index in [-0.39, 0.29) is 6.04 Å². The molecule has 4 nitrogen and oxygen atoms in total. The van der Waals surface area contributed by atoms with E-state index in [1.54, 1.807) is 6.92 Å². The molecule has 0 spiro atoms. The highest BCUT2D eigenvalue weighted by Gasteiger charge is 2.30. The third-order valence-corrected chi connectivity index (χ3v) is 3.75. The Morgan fingerprint density at radius 2 is 2.32 bits per heavy atom. The van der Waals surface area contributed by atoms with Crippen molar-refractivity contribution in [3.8, 4) is 0 Å². The first-order valence-corrected chi connectivity index (χ1v) is 7.28. The summed E-state index contributed by atoms with van der Waals surface area (Å²) in [6.07, 6.45) is 5.90. The van der Waals surface area contributed by atoms with Crippen LogP contribution in [0.4, 0.5) is 4.39 Å². The largest absolute Gasteiger partial charge is 0.314 e. The van der Waals surface area contributed by atoms with Gasteiger partial charge in [0.1, 0.15) is 17.8 Å². The van der Waals surface area contributed by atoms with Crippen LogP contribution in [0.1, 0.15) is 58.3 Å². The van der Waals surface area contributed by atoms with E-state index in [2.05, 4.69) is 15.4 Å². The normalized spacial score (nSPS) is 23.5. The van der Waals surface area contributed by atoms with Gasteiger partial charge >= 0.3 is 0 Å². The van der Waals surface area contributed by atoms with E-state index in [9.17, 15) is 4.39 Å². The first kappa shape index (κ1) is 14.4. The van der Waals surface area contributed by atoms with Gasteiger partial charge in [-0.3, -0.25) is 0 Å². The Balaban J connectivity index is 1.97. The van der Waals surface area contributed by atoms with Crippen molar-refractivity contribution in [1.29, 1.82) is 0 Å². The zero-order valence-corrected chi connectivity index (χ0v) is 12.2. The maximum absolute atomic E-state index is 14.8. The van der Waals surface area contributed by atoms with Gasteiger partial charge in [-0.2, -0.15) is 5.10 Å². The maximum atomic E-state index is 14.8. The molecule has 2 atom stereocenters. The van der Waals surface area contributed by atoms with Crippen LogP contribution in [-0.4, -0.2) is 33.0 Å². The minimum absolute atomic E-state index is 0.223. The third kappa shape index (κ3) is 4.00. The van der Waals surface area contributed by atoms with Crippen LogP contribution in [0, 0.1) is 0 Å². The molecule has 0 amide bonds. The van der Waals surface area contributed by atoms with Crippen molar-refractivity contribution in [3.63, 3.8) is 0 Å². The molecular weight excluding hydrogens is 243 g/mol. The van der Waals surface area contributed by atoms with Crippen molar-refractivity contribution >= 4 is 0 Å². The molecule has 0 aliphatic carbocycles. The molecule has 1 aliphatic heterocycles. The summed E-state index contributed by atoms with van der Waals surface area (Å²) in [5.41, 5.74) is -1.23. The maximum Gasteiger partial charge on any atom is 0.138 e. The Morgan fingerprint density at radius 3 is 2.95 bits per heavy atom. The molecule has 19 heavy (non-hydrogen) atoms. The molecule has 0 aromatic carbocycles. The van der Waals surface area contributed by atoms with E-state index < -0.39 is 5.67 Å². The Labute approximate surface area is 114 Å². The SMILES string of the molecule is CC(C)n1ncnc1CC(C)(F)CC1CCCCN1. The standard InChI is InChI=1S/C14H25FN4/c1-11(2)19-13(17-10-18-19)9-14(3,15)8-12-6-4-5-7-16-12/h10-12,16H,4-9H2,1-3H3. The predicted molar refractivity (Wildman–Crippen MR) is 73.9 cm³/mol. The second-order valence-corrected chi connectivity index (χ2v) is 6.16. The molecule has 1 aromatic rings. The molecule has 1 aromatic heterocycles. The van der Waals surface area contributed by atoms with E-state index in [0.717, 1.165) is 18.8 Å². The van der Waals surface area contributed by atoms with Gasteiger partial charge in [0.05, 0.1) is 0 Å². The van der Waals surface area contributed by atoms with Crippen molar-refractivity contribution in [2.75, 3.05) is 6.54 Å². The number of halogens is 1. The fourth-order valence-electron chi connectivity index (χ4n) is 2.85. The van der Waals surface area contributed by atoms with E-state index in [0.29, 0.717) is 18.9 Å². The molecule has 0 bridgehead atoms. The van der Waals surface area contributed by atoms with Gasteiger partial charge in [-0.1, -0.05) is 6.42 Å². The van der Waals surface area contributed by atoms with Gasteiger partial charge < -0.3 is 5.32 Å². The number of aromatic nitrogens is 3. The van der Waals surface area contributed by atoms with Crippen LogP contribution in [0.3, 0.4) is 0 Å². The summed E-state index contributed by atoms with van der Waals surface area (Å²) >= 11 is 0. The van der Waals surface area contributed by atoms with Crippen LogP contribution in [0.2, 0.25) is 0 Å². The lowest BCUT2D eigenvalue weighted by atomic mass is 9.90. The predicted octanol–water partition coefficient (Wildman–Crippen LogP) is 2.66. The molecular formula is C14H25FN4. The number of nitrogens with one attached hydrogen (secondary N) is 1. The van der Waals surface area contributed by atoms with Crippen molar-refractivity contribution in [3.05, 3.63) is 12.2 Å². The molecule has 1 saturated heterocycles. The number of nitrogens with zero attached hydrogens (tertiary/aromatic N) is 3. The summed E-state index contributed by atoms with van der Waals surface area (Å²) in [7, 11) is 0. The topological polar surface area (TPSA) is 42.7 Å². The lowest BCUT2D eigenvalue weighted by Crippen LogP contribution is -2.40. The Kier molecular flexibility index (Phi) is 4.55.